The number of pyridine rings is 1. The molecular formula is C12H17N3O3. The Morgan fingerprint density at radius 1 is 1.72 bits per heavy atom. The Hall–Kier alpha value is -1.66. The van der Waals surface area contributed by atoms with Gasteiger partial charge in [0.1, 0.15) is 5.69 Å². The third-order valence-corrected chi connectivity index (χ3v) is 2.67. The monoisotopic (exact) mass is 251 g/mol. The summed E-state index contributed by atoms with van der Waals surface area (Å²) in [6.45, 7) is 2.06. The van der Waals surface area contributed by atoms with E-state index in [-0.39, 0.29) is 11.9 Å². The second-order valence-electron chi connectivity index (χ2n) is 4.04. The molecule has 1 atom stereocenters. The zero-order valence-electron chi connectivity index (χ0n) is 10.3. The van der Waals surface area contributed by atoms with Gasteiger partial charge in [0.25, 0.3) is 0 Å². The van der Waals surface area contributed by atoms with Gasteiger partial charge in [0.15, 0.2) is 0 Å². The lowest BCUT2D eigenvalue weighted by atomic mass is 10.2. The molecule has 1 aliphatic heterocycles. The first kappa shape index (κ1) is 12.8. The van der Waals surface area contributed by atoms with Gasteiger partial charge in [0.2, 0.25) is 11.8 Å². The number of morpholine rings is 1. The highest BCUT2D eigenvalue weighted by Gasteiger charge is 2.17. The van der Waals surface area contributed by atoms with Crippen molar-refractivity contribution < 1.29 is 14.3 Å². The number of methoxy groups -OCH3 is 1. The molecule has 0 spiro atoms. The summed E-state index contributed by atoms with van der Waals surface area (Å²) in [5.74, 6) is 0.336. The van der Waals surface area contributed by atoms with Crippen molar-refractivity contribution in [3.8, 4) is 5.88 Å². The van der Waals surface area contributed by atoms with Crippen LogP contribution in [0.25, 0.3) is 0 Å². The standard InChI is InChI=1S/C12H17N3O3/c1-17-12-10(3-2-4-14-12)15-11(16)7-9-8-18-6-5-13-9/h2-4,9,13H,5-8H2,1H3,(H,15,16). The molecular weight excluding hydrogens is 234 g/mol. The van der Waals surface area contributed by atoms with Crippen molar-refractivity contribution in [1.82, 2.24) is 10.3 Å². The molecule has 1 saturated heterocycles. The van der Waals surface area contributed by atoms with Gasteiger partial charge in [-0.2, -0.15) is 0 Å². The Kier molecular flexibility index (Phi) is 4.49. The summed E-state index contributed by atoms with van der Waals surface area (Å²) in [4.78, 5) is 15.9. The van der Waals surface area contributed by atoms with Crippen molar-refractivity contribution in [2.24, 2.45) is 0 Å². The van der Waals surface area contributed by atoms with Crippen LogP contribution in [0.4, 0.5) is 5.69 Å². The molecule has 1 fully saturated rings. The van der Waals surface area contributed by atoms with E-state index in [0.717, 1.165) is 6.54 Å². The van der Waals surface area contributed by atoms with Crippen LogP contribution in [0, 0.1) is 0 Å². The van der Waals surface area contributed by atoms with E-state index in [1.165, 1.54) is 7.11 Å². The Morgan fingerprint density at radius 2 is 2.61 bits per heavy atom. The quantitative estimate of drug-likeness (QED) is 0.810. The first-order valence-electron chi connectivity index (χ1n) is 5.89. The summed E-state index contributed by atoms with van der Waals surface area (Å²) >= 11 is 0. The van der Waals surface area contributed by atoms with Crippen LogP contribution in [-0.2, 0) is 9.53 Å². The van der Waals surface area contributed by atoms with Gasteiger partial charge in [-0.15, -0.1) is 0 Å². The summed E-state index contributed by atoms with van der Waals surface area (Å²) in [5.41, 5.74) is 0.585. The second kappa shape index (κ2) is 6.32. The number of ether oxygens (including phenoxy) is 2. The van der Waals surface area contributed by atoms with Gasteiger partial charge in [0, 0.05) is 25.2 Å². The smallest absolute Gasteiger partial charge is 0.237 e. The third kappa shape index (κ3) is 3.41. The van der Waals surface area contributed by atoms with Crippen molar-refractivity contribution in [1.29, 1.82) is 0 Å². The molecule has 1 amide bonds. The molecule has 98 valence electrons. The van der Waals surface area contributed by atoms with Gasteiger partial charge in [-0.3, -0.25) is 4.79 Å². The maximum atomic E-state index is 11.9. The average Bonchev–Trinajstić information content (AvgIpc) is 2.40. The van der Waals surface area contributed by atoms with Gasteiger partial charge < -0.3 is 20.1 Å². The number of amides is 1. The lowest BCUT2D eigenvalue weighted by Crippen LogP contribution is -2.43. The van der Waals surface area contributed by atoms with E-state index in [0.29, 0.717) is 31.2 Å². The largest absolute Gasteiger partial charge is 0.480 e. The van der Waals surface area contributed by atoms with E-state index in [9.17, 15) is 4.79 Å². The highest BCUT2D eigenvalue weighted by Crippen LogP contribution is 2.20. The van der Waals surface area contributed by atoms with E-state index in [2.05, 4.69) is 15.6 Å². The minimum Gasteiger partial charge on any atom is -0.480 e. The topological polar surface area (TPSA) is 72.5 Å². The predicted octanol–water partition coefficient (Wildman–Crippen LogP) is 0.407. The molecule has 2 heterocycles. The number of rotatable bonds is 4. The van der Waals surface area contributed by atoms with Crippen molar-refractivity contribution in [3.63, 3.8) is 0 Å². The molecule has 6 nitrogen and oxygen atoms in total. The van der Waals surface area contributed by atoms with Gasteiger partial charge >= 0.3 is 0 Å². The van der Waals surface area contributed by atoms with Crippen LogP contribution in [0.15, 0.2) is 18.3 Å². The van der Waals surface area contributed by atoms with Crippen LogP contribution in [0.2, 0.25) is 0 Å². The van der Waals surface area contributed by atoms with E-state index >= 15 is 0 Å². The maximum absolute atomic E-state index is 11.9. The number of aromatic nitrogens is 1. The first-order chi connectivity index (χ1) is 8.79. The number of nitrogens with zero attached hydrogens (tertiary/aromatic N) is 1. The lowest BCUT2D eigenvalue weighted by molar-refractivity contribution is -0.117. The van der Waals surface area contributed by atoms with Gasteiger partial charge in [-0.05, 0) is 12.1 Å². The number of hydrogen-bond acceptors (Lipinski definition) is 5. The zero-order chi connectivity index (χ0) is 12.8. The predicted molar refractivity (Wildman–Crippen MR) is 66.6 cm³/mol. The molecule has 0 aliphatic carbocycles. The highest BCUT2D eigenvalue weighted by atomic mass is 16.5. The van der Waals surface area contributed by atoms with Crippen LogP contribution in [0.1, 0.15) is 6.42 Å². The van der Waals surface area contributed by atoms with Gasteiger partial charge in [0.05, 0.1) is 20.3 Å². The molecule has 1 unspecified atom stereocenters. The minimum absolute atomic E-state index is 0.0708. The average molecular weight is 251 g/mol. The molecule has 0 bridgehead atoms. The molecule has 2 N–H and O–H groups in total. The minimum atomic E-state index is -0.0794. The molecule has 0 saturated carbocycles. The molecule has 18 heavy (non-hydrogen) atoms. The number of carbonyl (C=O) groups is 1. The SMILES string of the molecule is COc1ncccc1NC(=O)CC1COCCN1. The van der Waals surface area contributed by atoms with Crippen molar-refractivity contribution in [2.75, 3.05) is 32.2 Å². The van der Waals surface area contributed by atoms with E-state index in [1.54, 1.807) is 18.3 Å². The zero-order valence-corrected chi connectivity index (χ0v) is 10.3. The van der Waals surface area contributed by atoms with Gasteiger partial charge in [-0.1, -0.05) is 0 Å². The van der Waals surface area contributed by atoms with Crippen LogP contribution >= 0.6 is 0 Å². The summed E-state index contributed by atoms with van der Waals surface area (Å²) < 4.78 is 10.4. The van der Waals surface area contributed by atoms with E-state index in [1.807, 2.05) is 0 Å². The Bertz CT molecular complexity index is 405. The fraction of sp³-hybridized carbons (Fsp3) is 0.500. The fourth-order valence-electron chi connectivity index (χ4n) is 1.82. The number of carbonyl (C=O) groups excluding carboxylic acids is 1. The number of hydrogen-bond donors (Lipinski definition) is 2. The van der Waals surface area contributed by atoms with Crippen LogP contribution in [0.5, 0.6) is 5.88 Å². The number of nitrogens with one attached hydrogen (secondary N) is 2. The van der Waals surface area contributed by atoms with Gasteiger partial charge in [-0.25, -0.2) is 4.98 Å². The maximum Gasteiger partial charge on any atom is 0.237 e. The Balaban J connectivity index is 1.90. The molecule has 6 heteroatoms. The summed E-state index contributed by atoms with van der Waals surface area (Å²) in [5, 5.41) is 6.02. The van der Waals surface area contributed by atoms with Crippen LogP contribution in [0.3, 0.4) is 0 Å². The normalized spacial score (nSPS) is 19.3. The van der Waals surface area contributed by atoms with E-state index < -0.39 is 0 Å². The van der Waals surface area contributed by atoms with E-state index in [4.69, 9.17) is 9.47 Å². The van der Waals surface area contributed by atoms with Crippen LogP contribution in [-0.4, -0.2) is 43.8 Å². The molecule has 2 rings (SSSR count). The van der Waals surface area contributed by atoms with Crippen LogP contribution < -0.4 is 15.4 Å². The molecule has 0 aromatic carbocycles. The second-order valence-corrected chi connectivity index (χ2v) is 4.04. The molecule has 1 aliphatic rings. The highest BCUT2D eigenvalue weighted by molar-refractivity contribution is 5.92. The Morgan fingerprint density at radius 3 is 3.33 bits per heavy atom. The Labute approximate surface area is 106 Å². The lowest BCUT2D eigenvalue weighted by Gasteiger charge is -2.23. The summed E-state index contributed by atoms with van der Waals surface area (Å²) in [7, 11) is 1.52. The molecule has 1 aromatic rings. The van der Waals surface area contributed by atoms with Crippen molar-refractivity contribution in [2.45, 2.75) is 12.5 Å². The third-order valence-electron chi connectivity index (χ3n) is 2.67. The van der Waals surface area contributed by atoms with Crippen molar-refractivity contribution >= 4 is 11.6 Å². The molecule has 1 aromatic heterocycles. The fourth-order valence-corrected chi connectivity index (χ4v) is 1.82. The molecule has 0 radical (unpaired) electrons. The first-order valence-corrected chi connectivity index (χ1v) is 5.89. The summed E-state index contributed by atoms with van der Waals surface area (Å²) in [6, 6.07) is 3.58. The number of anilines is 1. The summed E-state index contributed by atoms with van der Waals surface area (Å²) in [6.07, 6.45) is 1.99. The van der Waals surface area contributed by atoms with Crippen molar-refractivity contribution in [3.05, 3.63) is 18.3 Å².